The van der Waals surface area contributed by atoms with Crippen molar-refractivity contribution in [2.75, 3.05) is 5.32 Å². The third kappa shape index (κ3) is 2.62. The number of fused-ring (bicyclic) bond motifs is 2. The lowest BCUT2D eigenvalue weighted by molar-refractivity contribution is 0.102. The number of carbonyl (C=O) groups is 1. The summed E-state index contributed by atoms with van der Waals surface area (Å²) in [6.07, 6.45) is 3.53. The summed E-state index contributed by atoms with van der Waals surface area (Å²) in [5.74, 6) is -0.472. The van der Waals surface area contributed by atoms with Gasteiger partial charge in [0, 0.05) is 39.9 Å². The Labute approximate surface area is 148 Å². The van der Waals surface area contributed by atoms with Crippen molar-refractivity contribution in [1.82, 2.24) is 9.97 Å². The molecule has 0 aliphatic carbocycles. The lowest BCUT2D eigenvalue weighted by atomic mass is 10.1. The second-order valence-corrected chi connectivity index (χ2v) is 5.94. The van der Waals surface area contributed by atoms with Gasteiger partial charge in [-0.3, -0.25) is 9.59 Å². The Morgan fingerprint density at radius 1 is 1.04 bits per heavy atom. The van der Waals surface area contributed by atoms with Crippen LogP contribution in [0.4, 0.5) is 5.69 Å². The third-order valence-electron chi connectivity index (χ3n) is 4.33. The van der Waals surface area contributed by atoms with Gasteiger partial charge in [0.25, 0.3) is 5.91 Å². The molecule has 0 aliphatic heterocycles. The van der Waals surface area contributed by atoms with Gasteiger partial charge in [0.2, 0.25) is 5.43 Å². The minimum absolute atomic E-state index is 0.0560. The van der Waals surface area contributed by atoms with E-state index in [2.05, 4.69) is 21.4 Å². The topological polar surface area (TPSA) is 102 Å². The van der Waals surface area contributed by atoms with Crippen LogP contribution in [0.1, 0.15) is 15.9 Å². The summed E-state index contributed by atoms with van der Waals surface area (Å²) in [7, 11) is 0. The summed E-state index contributed by atoms with van der Waals surface area (Å²) < 4.78 is 0. The fraction of sp³-hybridized carbons (Fsp3) is 0.0500. The third-order valence-corrected chi connectivity index (χ3v) is 4.33. The molecule has 0 saturated heterocycles. The lowest BCUT2D eigenvalue weighted by Gasteiger charge is -2.06. The summed E-state index contributed by atoms with van der Waals surface area (Å²) in [6.45, 7) is 0. The quantitative estimate of drug-likeness (QED) is 0.532. The molecule has 3 N–H and O–H groups in total. The molecule has 126 valence electrons. The molecule has 2 aromatic heterocycles. The first-order valence-corrected chi connectivity index (χ1v) is 8.06. The number of hydrogen-bond donors (Lipinski definition) is 3. The second kappa shape index (κ2) is 6.22. The van der Waals surface area contributed by atoms with Crippen LogP contribution in [0.2, 0.25) is 0 Å². The van der Waals surface area contributed by atoms with Gasteiger partial charge in [-0.2, -0.15) is 5.26 Å². The number of H-pyrrole nitrogens is 2. The molecule has 6 heteroatoms. The number of carbonyl (C=O) groups excluding carboxylic acids is 1. The molecule has 6 nitrogen and oxygen atoms in total. The molecule has 0 spiro atoms. The Hall–Kier alpha value is -3.85. The summed E-state index contributed by atoms with van der Waals surface area (Å²) >= 11 is 0. The molecule has 0 fully saturated rings. The summed E-state index contributed by atoms with van der Waals surface area (Å²) in [5.41, 5.74) is 2.73. The SMILES string of the molecule is N#CCc1c[nH]c2cc(NC(=O)c3c[nH]c4ccccc4c3=O)ccc12. The van der Waals surface area contributed by atoms with Gasteiger partial charge in [0.15, 0.2) is 0 Å². The minimum atomic E-state index is -0.472. The molecule has 0 radical (unpaired) electrons. The number of anilines is 1. The van der Waals surface area contributed by atoms with Crippen LogP contribution in [0.25, 0.3) is 21.8 Å². The molecule has 2 aromatic carbocycles. The van der Waals surface area contributed by atoms with Gasteiger partial charge in [-0.1, -0.05) is 18.2 Å². The Bertz CT molecular complexity index is 1240. The molecular weight excluding hydrogens is 328 g/mol. The van der Waals surface area contributed by atoms with E-state index in [9.17, 15) is 9.59 Å². The van der Waals surface area contributed by atoms with Crippen molar-refractivity contribution in [3.63, 3.8) is 0 Å². The number of pyridine rings is 1. The van der Waals surface area contributed by atoms with E-state index in [0.717, 1.165) is 16.5 Å². The zero-order valence-electron chi connectivity index (χ0n) is 13.7. The highest BCUT2D eigenvalue weighted by molar-refractivity contribution is 6.06. The van der Waals surface area contributed by atoms with Crippen molar-refractivity contribution in [2.45, 2.75) is 6.42 Å². The largest absolute Gasteiger partial charge is 0.361 e. The number of hydrogen-bond acceptors (Lipinski definition) is 3. The zero-order valence-corrected chi connectivity index (χ0v) is 13.7. The molecule has 2 heterocycles. The standard InChI is InChI=1S/C20H14N4O2/c21-8-7-12-10-22-18-9-13(5-6-14(12)18)24-20(26)16-11-23-17-4-2-1-3-15(17)19(16)25/h1-6,9-11,22H,7H2,(H,23,25)(H,24,26). The molecule has 0 bridgehead atoms. The average molecular weight is 342 g/mol. The molecule has 0 saturated carbocycles. The number of nitrogens with zero attached hydrogens (tertiary/aromatic N) is 1. The normalized spacial score (nSPS) is 10.7. The smallest absolute Gasteiger partial charge is 0.261 e. The predicted octanol–water partition coefficient (Wildman–Crippen LogP) is 3.33. The van der Waals surface area contributed by atoms with E-state index in [4.69, 9.17) is 5.26 Å². The number of nitriles is 1. The predicted molar refractivity (Wildman–Crippen MR) is 100 cm³/mol. The Morgan fingerprint density at radius 3 is 2.69 bits per heavy atom. The molecule has 1 amide bonds. The maximum absolute atomic E-state index is 12.5. The summed E-state index contributed by atoms with van der Waals surface area (Å²) in [5, 5.41) is 13.0. The first-order valence-electron chi connectivity index (χ1n) is 8.06. The van der Waals surface area contributed by atoms with E-state index in [1.54, 1.807) is 36.5 Å². The molecule has 0 unspecified atom stereocenters. The fourth-order valence-corrected chi connectivity index (χ4v) is 3.03. The van der Waals surface area contributed by atoms with Crippen molar-refractivity contribution in [3.8, 4) is 6.07 Å². The molecular formula is C20H14N4O2. The first kappa shape index (κ1) is 15.7. The van der Waals surface area contributed by atoms with Crippen LogP contribution in [0.3, 0.4) is 0 Å². The Kier molecular flexibility index (Phi) is 3.75. The van der Waals surface area contributed by atoms with E-state index < -0.39 is 5.91 Å². The molecule has 4 rings (SSSR count). The van der Waals surface area contributed by atoms with Crippen LogP contribution < -0.4 is 10.7 Å². The number of amides is 1. The Balaban J connectivity index is 1.66. The van der Waals surface area contributed by atoms with Gasteiger partial charge < -0.3 is 15.3 Å². The van der Waals surface area contributed by atoms with E-state index in [0.29, 0.717) is 23.0 Å². The molecule has 4 aromatic rings. The zero-order chi connectivity index (χ0) is 18.1. The van der Waals surface area contributed by atoms with Crippen molar-refractivity contribution in [1.29, 1.82) is 5.26 Å². The number of aromatic amines is 2. The highest BCUT2D eigenvalue weighted by Crippen LogP contribution is 2.22. The number of benzene rings is 2. The van der Waals surface area contributed by atoms with Gasteiger partial charge in [-0.25, -0.2) is 0 Å². The highest BCUT2D eigenvalue weighted by atomic mass is 16.2. The van der Waals surface area contributed by atoms with Crippen molar-refractivity contribution in [2.24, 2.45) is 0 Å². The van der Waals surface area contributed by atoms with Gasteiger partial charge in [-0.05, 0) is 29.8 Å². The summed E-state index contributed by atoms with van der Waals surface area (Å²) in [4.78, 5) is 31.1. The maximum atomic E-state index is 12.5. The van der Waals surface area contributed by atoms with E-state index in [1.807, 2.05) is 12.1 Å². The lowest BCUT2D eigenvalue weighted by Crippen LogP contribution is -2.21. The first-order chi connectivity index (χ1) is 12.7. The maximum Gasteiger partial charge on any atom is 0.261 e. The van der Waals surface area contributed by atoms with Gasteiger partial charge in [-0.15, -0.1) is 0 Å². The van der Waals surface area contributed by atoms with Crippen molar-refractivity contribution < 1.29 is 4.79 Å². The Morgan fingerprint density at radius 2 is 1.85 bits per heavy atom. The minimum Gasteiger partial charge on any atom is -0.361 e. The second-order valence-electron chi connectivity index (χ2n) is 5.94. The number of rotatable bonds is 3. The van der Waals surface area contributed by atoms with Crippen LogP contribution in [0.15, 0.2) is 59.7 Å². The van der Waals surface area contributed by atoms with Gasteiger partial charge in [0.05, 0.1) is 12.5 Å². The van der Waals surface area contributed by atoms with Gasteiger partial charge >= 0.3 is 0 Å². The van der Waals surface area contributed by atoms with Crippen molar-refractivity contribution >= 4 is 33.4 Å². The van der Waals surface area contributed by atoms with Crippen LogP contribution in [-0.4, -0.2) is 15.9 Å². The van der Waals surface area contributed by atoms with Crippen LogP contribution in [0.5, 0.6) is 0 Å². The summed E-state index contributed by atoms with van der Waals surface area (Å²) in [6, 6.07) is 14.6. The van der Waals surface area contributed by atoms with Crippen molar-refractivity contribution in [3.05, 3.63) is 76.2 Å². The van der Waals surface area contributed by atoms with E-state index >= 15 is 0 Å². The van der Waals surface area contributed by atoms with E-state index in [1.165, 1.54) is 6.20 Å². The van der Waals surface area contributed by atoms with Crippen LogP contribution >= 0.6 is 0 Å². The molecule has 0 atom stereocenters. The number of nitrogens with one attached hydrogen (secondary N) is 3. The number of aromatic nitrogens is 2. The molecule has 0 aliphatic rings. The monoisotopic (exact) mass is 342 g/mol. The number of para-hydroxylation sites is 1. The highest BCUT2D eigenvalue weighted by Gasteiger charge is 2.13. The fourth-order valence-electron chi connectivity index (χ4n) is 3.03. The van der Waals surface area contributed by atoms with Gasteiger partial charge in [0.1, 0.15) is 5.56 Å². The molecule has 26 heavy (non-hydrogen) atoms. The van der Waals surface area contributed by atoms with Crippen LogP contribution in [0, 0.1) is 11.3 Å². The van der Waals surface area contributed by atoms with Crippen LogP contribution in [-0.2, 0) is 6.42 Å². The average Bonchev–Trinajstić information content (AvgIpc) is 3.05. The van der Waals surface area contributed by atoms with E-state index in [-0.39, 0.29) is 11.0 Å².